The van der Waals surface area contributed by atoms with Crippen LogP contribution in [0, 0.1) is 0 Å². The van der Waals surface area contributed by atoms with Crippen molar-refractivity contribution in [2.75, 3.05) is 12.3 Å². The van der Waals surface area contributed by atoms with Crippen molar-refractivity contribution < 1.29 is 5.11 Å². The lowest BCUT2D eigenvalue weighted by Gasteiger charge is -2.36. The standard InChI is InChI=1S/C12H21N3OS.ClH/c1-9(16)6-10-4-2-3-5-15(10)8-11-7-14-12(13)17-11;/h7,9-10,16H,2-6,8H2,1H3,(H2,13,14);1H. The molecule has 1 aliphatic rings. The minimum absolute atomic E-state index is 0. The first-order valence-corrected chi connectivity index (χ1v) is 7.09. The number of rotatable bonds is 4. The highest BCUT2D eigenvalue weighted by Crippen LogP contribution is 2.25. The molecular formula is C12H22ClN3OS. The molecule has 104 valence electrons. The summed E-state index contributed by atoms with van der Waals surface area (Å²) >= 11 is 1.56. The summed E-state index contributed by atoms with van der Waals surface area (Å²) in [5, 5.41) is 10.2. The van der Waals surface area contributed by atoms with E-state index in [9.17, 15) is 5.11 Å². The first-order chi connectivity index (χ1) is 8.15. The van der Waals surface area contributed by atoms with Crippen LogP contribution in [0.1, 0.15) is 37.5 Å². The molecule has 0 saturated carbocycles. The van der Waals surface area contributed by atoms with E-state index in [4.69, 9.17) is 5.73 Å². The molecule has 3 N–H and O–H groups in total. The summed E-state index contributed by atoms with van der Waals surface area (Å²) in [7, 11) is 0. The van der Waals surface area contributed by atoms with E-state index in [0.29, 0.717) is 11.2 Å². The molecule has 1 aromatic rings. The Morgan fingerprint density at radius 3 is 3.00 bits per heavy atom. The maximum absolute atomic E-state index is 9.54. The van der Waals surface area contributed by atoms with Crippen molar-refractivity contribution in [2.24, 2.45) is 0 Å². The Morgan fingerprint density at radius 2 is 2.39 bits per heavy atom. The van der Waals surface area contributed by atoms with Gasteiger partial charge in [-0.15, -0.1) is 23.7 Å². The van der Waals surface area contributed by atoms with E-state index < -0.39 is 0 Å². The third kappa shape index (κ3) is 4.39. The zero-order valence-electron chi connectivity index (χ0n) is 10.7. The molecule has 0 radical (unpaired) electrons. The SMILES string of the molecule is CC(O)CC1CCCCN1Cc1cnc(N)s1.Cl. The zero-order chi connectivity index (χ0) is 12.3. The predicted octanol–water partition coefficient (Wildman–Crippen LogP) is 2.27. The Labute approximate surface area is 119 Å². The number of aliphatic hydroxyl groups is 1. The summed E-state index contributed by atoms with van der Waals surface area (Å²) < 4.78 is 0. The molecule has 2 unspecified atom stereocenters. The molecule has 1 saturated heterocycles. The number of halogens is 1. The highest BCUT2D eigenvalue weighted by molar-refractivity contribution is 7.15. The number of nitrogens with two attached hydrogens (primary N) is 1. The average molecular weight is 292 g/mol. The van der Waals surface area contributed by atoms with E-state index in [1.54, 1.807) is 11.3 Å². The molecule has 1 fully saturated rings. The highest BCUT2D eigenvalue weighted by atomic mass is 35.5. The van der Waals surface area contributed by atoms with Gasteiger partial charge in [-0.25, -0.2) is 4.98 Å². The largest absolute Gasteiger partial charge is 0.393 e. The van der Waals surface area contributed by atoms with E-state index >= 15 is 0 Å². The lowest BCUT2D eigenvalue weighted by molar-refractivity contribution is 0.0824. The molecule has 0 bridgehead atoms. The van der Waals surface area contributed by atoms with Crippen molar-refractivity contribution in [3.05, 3.63) is 11.1 Å². The Balaban J connectivity index is 0.00000162. The fourth-order valence-corrected chi connectivity index (χ4v) is 3.23. The number of aliphatic hydroxyl groups excluding tert-OH is 1. The number of thiazole rings is 1. The van der Waals surface area contributed by atoms with Crippen LogP contribution in [0.15, 0.2) is 6.20 Å². The van der Waals surface area contributed by atoms with Gasteiger partial charge in [0.15, 0.2) is 5.13 Å². The second-order valence-corrected chi connectivity index (χ2v) is 6.02. The molecule has 1 aliphatic heterocycles. The van der Waals surface area contributed by atoms with Crippen LogP contribution >= 0.6 is 23.7 Å². The van der Waals surface area contributed by atoms with Gasteiger partial charge >= 0.3 is 0 Å². The number of likely N-dealkylation sites (tertiary alicyclic amines) is 1. The van der Waals surface area contributed by atoms with Gasteiger partial charge in [0.25, 0.3) is 0 Å². The molecule has 0 aliphatic carbocycles. The van der Waals surface area contributed by atoms with Gasteiger partial charge in [0.2, 0.25) is 0 Å². The average Bonchev–Trinajstić information content (AvgIpc) is 2.66. The van der Waals surface area contributed by atoms with Gasteiger partial charge < -0.3 is 10.8 Å². The van der Waals surface area contributed by atoms with Gasteiger partial charge in [-0.05, 0) is 32.7 Å². The Morgan fingerprint density at radius 1 is 1.61 bits per heavy atom. The molecule has 6 heteroatoms. The highest BCUT2D eigenvalue weighted by Gasteiger charge is 2.24. The number of piperidine rings is 1. The van der Waals surface area contributed by atoms with Crippen LogP contribution in [0.5, 0.6) is 0 Å². The summed E-state index contributed by atoms with van der Waals surface area (Å²) in [4.78, 5) is 7.77. The first-order valence-electron chi connectivity index (χ1n) is 6.27. The summed E-state index contributed by atoms with van der Waals surface area (Å²) in [6.07, 6.45) is 6.25. The Hall–Kier alpha value is -0.360. The summed E-state index contributed by atoms with van der Waals surface area (Å²) in [6.45, 7) is 3.92. The molecule has 18 heavy (non-hydrogen) atoms. The van der Waals surface area contributed by atoms with Crippen molar-refractivity contribution in [3.8, 4) is 0 Å². The molecule has 0 spiro atoms. The Kier molecular flexibility index (Phi) is 6.35. The van der Waals surface area contributed by atoms with Gasteiger partial charge in [0, 0.05) is 23.7 Å². The molecule has 0 amide bonds. The Bertz CT molecular complexity index is 359. The van der Waals surface area contributed by atoms with Crippen molar-refractivity contribution in [3.63, 3.8) is 0 Å². The second-order valence-electron chi connectivity index (χ2n) is 4.87. The van der Waals surface area contributed by atoms with Crippen LogP contribution in [-0.4, -0.2) is 33.7 Å². The van der Waals surface area contributed by atoms with Crippen molar-refractivity contribution in [2.45, 2.75) is 51.3 Å². The van der Waals surface area contributed by atoms with E-state index in [1.165, 1.54) is 24.1 Å². The molecule has 1 aromatic heterocycles. The van der Waals surface area contributed by atoms with Crippen molar-refractivity contribution in [1.82, 2.24) is 9.88 Å². The number of hydrogen-bond donors (Lipinski definition) is 2. The van der Waals surface area contributed by atoms with Crippen LogP contribution in [-0.2, 0) is 6.54 Å². The molecule has 2 atom stereocenters. The monoisotopic (exact) mass is 291 g/mol. The number of anilines is 1. The summed E-state index contributed by atoms with van der Waals surface area (Å²) in [6, 6.07) is 0.507. The second kappa shape index (κ2) is 7.28. The van der Waals surface area contributed by atoms with E-state index in [2.05, 4.69) is 9.88 Å². The molecule has 2 heterocycles. The number of aromatic nitrogens is 1. The molecule has 4 nitrogen and oxygen atoms in total. The normalized spacial score (nSPS) is 22.4. The number of nitrogens with zero attached hydrogens (tertiary/aromatic N) is 2. The predicted molar refractivity (Wildman–Crippen MR) is 78.1 cm³/mol. The number of nitrogen functional groups attached to an aromatic ring is 1. The quantitative estimate of drug-likeness (QED) is 0.893. The fourth-order valence-electron chi connectivity index (χ4n) is 2.52. The maximum Gasteiger partial charge on any atom is 0.180 e. The van der Waals surface area contributed by atoms with E-state index in [1.807, 2.05) is 13.1 Å². The lowest BCUT2D eigenvalue weighted by atomic mass is 9.97. The molecule has 2 rings (SSSR count). The van der Waals surface area contributed by atoms with Gasteiger partial charge in [0.1, 0.15) is 0 Å². The smallest absolute Gasteiger partial charge is 0.180 e. The molecule has 0 aromatic carbocycles. The third-order valence-corrected chi connectivity index (χ3v) is 4.10. The third-order valence-electron chi connectivity index (χ3n) is 3.29. The van der Waals surface area contributed by atoms with E-state index in [-0.39, 0.29) is 18.5 Å². The topological polar surface area (TPSA) is 62.4 Å². The van der Waals surface area contributed by atoms with E-state index in [0.717, 1.165) is 19.5 Å². The summed E-state index contributed by atoms with van der Waals surface area (Å²) in [5.74, 6) is 0. The summed E-state index contributed by atoms with van der Waals surface area (Å²) in [5.41, 5.74) is 5.65. The zero-order valence-corrected chi connectivity index (χ0v) is 12.3. The minimum atomic E-state index is -0.216. The fraction of sp³-hybridized carbons (Fsp3) is 0.750. The van der Waals surface area contributed by atoms with Gasteiger partial charge in [-0.1, -0.05) is 6.42 Å². The van der Waals surface area contributed by atoms with Gasteiger partial charge in [0.05, 0.1) is 6.10 Å². The minimum Gasteiger partial charge on any atom is -0.393 e. The maximum atomic E-state index is 9.54. The lowest BCUT2D eigenvalue weighted by Crippen LogP contribution is -2.40. The van der Waals surface area contributed by atoms with Crippen LogP contribution in [0.25, 0.3) is 0 Å². The van der Waals surface area contributed by atoms with Gasteiger partial charge in [-0.2, -0.15) is 0 Å². The van der Waals surface area contributed by atoms with Crippen molar-refractivity contribution in [1.29, 1.82) is 0 Å². The molecular weight excluding hydrogens is 270 g/mol. The van der Waals surface area contributed by atoms with Crippen LogP contribution in [0.2, 0.25) is 0 Å². The van der Waals surface area contributed by atoms with Gasteiger partial charge in [-0.3, -0.25) is 4.90 Å². The van der Waals surface area contributed by atoms with Crippen molar-refractivity contribution >= 4 is 28.9 Å². The van der Waals surface area contributed by atoms with Crippen LogP contribution < -0.4 is 5.73 Å². The number of hydrogen-bond acceptors (Lipinski definition) is 5. The first kappa shape index (κ1) is 15.7. The van der Waals surface area contributed by atoms with Crippen LogP contribution in [0.4, 0.5) is 5.13 Å². The van der Waals surface area contributed by atoms with Crippen LogP contribution in [0.3, 0.4) is 0 Å².